The SMILES string of the molecule is CON=C1CCN(C(=O)OC(C)(C)C)CC1N. The van der Waals surface area contributed by atoms with Gasteiger partial charge in [-0.15, -0.1) is 0 Å². The molecule has 1 aliphatic heterocycles. The summed E-state index contributed by atoms with van der Waals surface area (Å²) >= 11 is 0. The zero-order valence-corrected chi connectivity index (χ0v) is 10.9. The quantitative estimate of drug-likeness (QED) is 0.696. The molecule has 0 aromatic carbocycles. The number of carbonyl (C=O) groups is 1. The molecule has 1 fully saturated rings. The third kappa shape index (κ3) is 4.22. The highest BCUT2D eigenvalue weighted by Gasteiger charge is 2.29. The zero-order valence-electron chi connectivity index (χ0n) is 10.9. The highest BCUT2D eigenvalue weighted by Crippen LogP contribution is 2.13. The Bertz CT molecular complexity index is 310. The number of rotatable bonds is 1. The van der Waals surface area contributed by atoms with Gasteiger partial charge < -0.3 is 20.2 Å². The Morgan fingerprint density at radius 3 is 2.65 bits per heavy atom. The van der Waals surface area contributed by atoms with E-state index in [4.69, 9.17) is 15.3 Å². The Labute approximate surface area is 102 Å². The molecular weight excluding hydrogens is 222 g/mol. The van der Waals surface area contributed by atoms with Crippen LogP contribution >= 0.6 is 0 Å². The number of ether oxygens (including phenoxy) is 1. The molecule has 6 nitrogen and oxygen atoms in total. The van der Waals surface area contributed by atoms with E-state index < -0.39 is 5.60 Å². The van der Waals surface area contributed by atoms with Crippen molar-refractivity contribution in [3.05, 3.63) is 0 Å². The van der Waals surface area contributed by atoms with E-state index in [1.165, 1.54) is 7.11 Å². The number of hydrogen-bond acceptors (Lipinski definition) is 5. The van der Waals surface area contributed by atoms with E-state index >= 15 is 0 Å². The van der Waals surface area contributed by atoms with E-state index in [0.717, 1.165) is 5.71 Å². The number of nitrogens with zero attached hydrogens (tertiary/aromatic N) is 2. The molecule has 1 rings (SSSR count). The van der Waals surface area contributed by atoms with Gasteiger partial charge >= 0.3 is 6.09 Å². The van der Waals surface area contributed by atoms with Crippen molar-refractivity contribution in [1.29, 1.82) is 0 Å². The summed E-state index contributed by atoms with van der Waals surface area (Å²) in [5, 5.41) is 3.85. The highest BCUT2D eigenvalue weighted by molar-refractivity contribution is 5.91. The van der Waals surface area contributed by atoms with Crippen LogP contribution in [0.5, 0.6) is 0 Å². The van der Waals surface area contributed by atoms with E-state index in [1.54, 1.807) is 4.90 Å². The molecule has 2 N–H and O–H groups in total. The Hall–Kier alpha value is -1.30. The van der Waals surface area contributed by atoms with Gasteiger partial charge in [-0.1, -0.05) is 5.16 Å². The molecule has 98 valence electrons. The highest BCUT2D eigenvalue weighted by atomic mass is 16.6. The summed E-state index contributed by atoms with van der Waals surface area (Å²) in [6.07, 6.45) is 0.290. The third-order valence-electron chi connectivity index (χ3n) is 2.34. The Balaban J connectivity index is 2.55. The maximum Gasteiger partial charge on any atom is 0.410 e. The van der Waals surface area contributed by atoms with Crippen LogP contribution in [0.3, 0.4) is 0 Å². The van der Waals surface area contributed by atoms with Crippen molar-refractivity contribution in [3.63, 3.8) is 0 Å². The van der Waals surface area contributed by atoms with E-state index in [1.807, 2.05) is 20.8 Å². The minimum atomic E-state index is -0.484. The van der Waals surface area contributed by atoms with Crippen LogP contribution in [-0.2, 0) is 9.57 Å². The van der Waals surface area contributed by atoms with Gasteiger partial charge in [0.25, 0.3) is 0 Å². The monoisotopic (exact) mass is 243 g/mol. The first-order valence-corrected chi connectivity index (χ1v) is 5.67. The van der Waals surface area contributed by atoms with Gasteiger partial charge in [-0.25, -0.2) is 4.79 Å². The van der Waals surface area contributed by atoms with Crippen molar-refractivity contribution in [3.8, 4) is 0 Å². The summed E-state index contributed by atoms with van der Waals surface area (Å²) in [5.41, 5.74) is 6.20. The molecule has 1 heterocycles. The lowest BCUT2D eigenvalue weighted by Gasteiger charge is -2.33. The molecule has 0 aromatic rings. The standard InChI is InChI=1S/C11H21N3O3/c1-11(2,3)17-10(15)14-6-5-9(13-16-4)8(12)7-14/h8H,5-7,12H2,1-4H3. The van der Waals surface area contributed by atoms with Gasteiger partial charge in [-0.3, -0.25) is 0 Å². The second kappa shape index (κ2) is 5.35. The predicted molar refractivity (Wildman–Crippen MR) is 64.8 cm³/mol. The summed E-state index contributed by atoms with van der Waals surface area (Å²) in [5.74, 6) is 0. The lowest BCUT2D eigenvalue weighted by atomic mass is 10.0. The second-order valence-electron chi connectivity index (χ2n) is 5.05. The minimum Gasteiger partial charge on any atom is -0.444 e. The molecule has 17 heavy (non-hydrogen) atoms. The number of carbonyl (C=O) groups excluding carboxylic acids is 1. The van der Waals surface area contributed by atoms with Crippen molar-refractivity contribution >= 4 is 11.8 Å². The number of piperidine rings is 1. The molecular formula is C11H21N3O3. The zero-order chi connectivity index (χ0) is 13.1. The van der Waals surface area contributed by atoms with Crippen LogP contribution in [0.15, 0.2) is 5.16 Å². The van der Waals surface area contributed by atoms with Crippen LogP contribution in [-0.4, -0.2) is 48.5 Å². The Morgan fingerprint density at radius 1 is 1.53 bits per heavy atom. The Kier molecular flexibility index (Phi) is 4.34. The van der Waals surface area contributed by atoms with Crippen LogP contribution in [0.25, 0.3) is 0 Å². The van der Waals surface area contributed by atoms with Crippen molar-refractivity contribution in [2.75, 3.05) is 20.2 Å². The fourth-order valence-corrected chi connectivity index (χ4v) is 1.59. The number of nitrogens with two attached hydrogens (primary N) is 1. The van der Waals surface area contributed by atoms with Gasteiger partial charge in [0, 0.05) is 19.5 Å². The molecule has 1 atom stereocenters. The van der Waals surface area contributed by atoms with Crippen LogP contribution in [0, 0.1) is 0 Å². The van der Waals surface area contributed by atoms with E-state index in [-0.39, 0.29) is 12.1 Å². The lowest BCUT2D eigenvalue weighted by Crippen LogP contribution is -2.52. The van der Waals surface area contributed by atoms with Crippen molar-refractivity contribution in [2.45, 2.75) is 38.8 Å². The van der Waals surface area contributed by atoms with Crippen LogP contribution in [0.1, 0.15) is 27.2 Å². The summed E-state index contributed by atoms with van der Waals surface area (Å²) in [6.45, 7) is 6.49. The molecule has 0 bridgehead atoms. The summed E-state index contributed by atoms with van der Waals surface area (Å²) in [6, 6.07) is -0.281. The first-order chi connectivity index (χ1) is 7.83. The first-order valence-electron chi connectivity index (χ1n) is 5.67. The molecule has 1 unspecified atom stereocenters. The molecule has 0 spiro atoms. The number of amides is 1. The van der Waals surface area contributed by atoms with Crippen molar-refractivity contribution in [2.24, 2.45) is 10.9 Å². The van der Waals surface area contributed by atoms with Gasteiger partial charge in [-0.2, -0.15) is 0 Å². The average Bonchev–Trinajstić information content (AvgIpc) is 2.18. The maximum atomic E-state index is 11.8. The fraction of sp³-hybridized carbons (Fsp3) is 0.818. The summed E-state index contributed by atoms with van der Waals surface area (Å²) in [7, 11) is 1.49. The van der Waals surface area contributed by atoms with Gasteiger partial charge in [0.2, 0.25) is 0 Å². The molecule has 1 aliphatic rings. The van der Waals surface area contributed by atoms with Crippen LogP contribution in [0.4, 0.5) is 4.79 Å². The summed E-state index contributed by atoms with van der Waals surface area (Å²) in [4.78, 5) is 18.1. The van der Waals surface area contributed by atoms with E-state index in [9.17, 15) is 4.79 Å². The summed E-state index contributed by atoms with van der Waals surface area (Å²) < 4.78 is 5.28. The van der Waals surface area contributed by atoms with Gasteiger partial charge in [0.15, 0.2) is 0 Å². The van der Waals surface area contributed by atoms with Crippen LogP contribution in [0.2, 0.25) is 0 Å². The molecule has 1 saturated heterocycles. The smallest absolute Gasteiger partial charge is 0.410 e. The molecule has 0 aromatic heterocycles. The lowest BCUT2D eigenvalue weighted by molar-refractivity contribution is 0.0239. The van der Waals surface area contributed by atoms with Gasteiger partial charge in [-0.05, 0) is 20.8 Å². The van der Waals surface area contributed by atoms with Crippen molar-refractivity contribution < 1.29 is 14.4 Å². The largest absolute Gasteiger partial charge is 0.444 e. The van der Waals surface area contributed by atoms with Gasteiger partial charge in [0.1, 0.15) is 12.7 Å². The second-order valence-corrected chi connectivity index (χ2v) is 5.05. The van der Waals surface area contributed by atoms with E-state index in [2.05, 4.69) is 5.16 Å². The molecule has 6 heteroatoms. The van der Waals surface area contributed by atoms with Gasteiger partial charge in [0.05, 0.1) is 11.8 Å². The molecule has 0 aliphatic carbocycles. The normalized spacial score (nSPS) is 23.7. The maximum absolute atomic E-state index is 11.8. The predicted octanol–water partition coefficient (Wildman–Crippen LogP) is 0.957. The average molecular weight is 243 g/mol. The fourth-order valence-electron chi connectivity index (χ4n) is 1.59. The van der Waals surface area contributed by atoms with Crippen molar-refractivity contribution in [1.82, 2.24) is 4.90 Å². The number of oxime groups is 1. The molecule has 1 amide bonds. The topological polar surface area (TPSA) is 77.1 Å². The Morgan fingerprint density at radius 2 is 2.18 bits per heavy atom. The minimum absolute atomic E-state index is 0.281. The first kappa shape index (κ1) is 13.8. The molecule has 0 saturated carbocycles. The van der Waals surface area contributed by atoms with E-state index in [0.29, 0.717) is 19.5 Å². The third-order valence-corrected chi connectivity index (χ3v) is 2.34. The molecule has 0 radical (unpaired) electrons. The van der Waals surface area contributed by atoms with Crippen LogP contribution < -0.4 is 5.73 Å². The number of likely N-dealkylation sites (tertiary alicyclic amines) is 1. The number of hydrogen-bond donors (Lipinski definition) is 1.